The highest BCUT2D eigenvalue weighted by Crippen LogP contribution is 2.25. The van der Waals surface area contributed by atoms with Crippen LogP contribution >= 0.6 is 0 Å². The van der Waals surface area contributed by atoms with E-state index in [9.17, 15) is 4.39 Å². The van der Waals surface area contributed by atoms with Gasteiger partial charge in [-0.1, -0.05) is 18.2 Å². The number of ether oxygens (including phenoxy) is 1. The Morgan fingerprint density at radius 3 is 2.72 bits per heavy atom. The largest absolute Gasteiger partial charge is 0.368 e. The lowest BCUT2D eigenvalue weighted by Crippen LogP contribution is -2.39. The summed E-state index contributed by atoms with van der Waals surface area (Å²) in [4.78, 5) is 15.4. The van der Waals surface area contributed by atoms with Crippen LogP contribution in [-0.4, -0.2) is 34.6 Å². The first kappa shape index (κ1) is 15.7. The number of nitrogens with zero attached hydrogens (tertiary/aromatic N) is 4. The number of hydrogen-bond donors (Lipinski definition) is 0. The summed E-state index contributed by atoms with van der Waals surface area (Å²) in [5.41, 5.74) is 2.30. The van der Waals surface area contributed by atoms with E-state index in [1.165, 1.54) is 12.1 Å². The Morgan fingerprint density at radius 1 is 1.04 bits per heavy atom. The van der Waals surface area contributed by atoms with Crippen LogP contribution < -0.4 is 4.90 Å². The molecule has 0 aliphatic carbocycles. The summed E-state index contributed by atoms with van der Waals surface area (Å²) in [6.07, 6.45) is 3.29. The number of pyridine rings is 1. The average Bonchev–Trinajstić information content (AvgIpc) is 2.69. The normalized spacial score (nSPS) is 17.5. The van der Waals surface area contributed by atoms with Crippen molar-refractivity contribution in [3.8, 4) is 11.3 Å². The van der Waals surface area contributed by atoms with E-state index in [2.05, 4.69) is 19.9 Å². The van der Waals surface area contributed by atoms with E-state index in [1.54, 1.807) is 24.5 Å². The van der Waals surface area contributed by atoms with Gasteiger partial charge < -0.3 is 9.64 Å². The summed E-state index contributed by atoms with van der Waals surface area (Å²) >= 11 is 0. The first-order chi connectivity index (χ1) is 12.3. The van der Waals surface area contributed by atoms with Gasteiger partial charge in [0.05, 0.1) is 24.5 Å². The van der Waals surface area contributed by atoms with E-state index >= 15 is 0 Å². The van der Waals surface area contributed by atoms with E-state index in [0.717, 1.165) is 23.5 Å². The van der Waals surface area contributed by atoms with Gasteiger partial charge in [-0.25, -0.2) is 19.3 Å². The number of hydrogen-bond acceptors (Lipinski definition) is 5. The smallest absolute Gasteiger partial charge is 0.225 e. The van der Waals surface area contributed by atoms with Gasteiger partial charge in [0.1, 0.15) is 11.9 Å². The van der Waals surface area contributed by atoms with Crippen LogP contribution in [0.4, 0.5) is 10.3 Å². The molecule has 1 aromatic carbocycles. The van der Waals surface area contributed by atoms with Gasteiger partial charge in [-0.15, -0.1) is 0 Å². The average molecular weight is 336 g/mol. The molecule has 0 saturated carbocycles. The predicted molar refractivity (Wildman–Crippen MR) is 92.6 cm³/mol. The van der Waals surface area contributed by atoms with Crippen molar-refractivity contribution in [2.75, 3.05) is 24.6 Å². The molecule has 5 nitrogen and oxygen atoms in total. The topological polar surface area (TPSA) is 51.1 Å². The first-order valence-electron chi connectivity index (χ1n) is 8.16. The van der Waals surface area contributed by atoms with Crippen molar-refractivity contribution in [1.82, 2.24) is 15.0 Å². The van der Waals surface area contributed by atoms with Crippen molar-refractivity contribution in [2.45, 2.75) is 6.10 Å². The van der Waals surface area contributed by atoms with Gasteiger partial charge in [-0.2, -0.15) is 0 Å². The van der Waals surface area contributed by atoms with Crippen LogP contribution in [0.3, 0.4) is 0 Å². The van der Waals surface area contributed by atoms with Crippen LogP contribution in [0.5, 0.6) is 0 Å². The number of aromatic nitrogens is 3. The van der Waals surface area contributed by atoms with Crippen LogP contribution in [0.15, 0.2) is 60.9 Å². The SMILES string of the molecule is Fc1cccc(-c2cccc(C3CN(c4ncccn4)CCO3)n2)c1. The maximum absolute atomic E-state index is 13.5. The first-order valence-corrected chi connectivity index (χ1v) is 8.16. The van der Waals surface area contributed by atoms with Crippen LogP contribution in [0.1, 0.15) is 11.8 Å². The van der Waals surface area contributed by atoms with Crippen molar-refractivity contribution in [3.63, 3.8) is 0 Å². The second-order valence-electron chi connectivity index (χ2n) is 5.81. The third kappa shape index (κ3) is 3.49. The Kier molecular flexibility index (Phi) is 4.35. The van der Waals surface area contributed by atoms with E-state index in [4.69, 9.17) is 4.74 Å². The molecule has 1 aliphatic heterocycles. The zero-order chi connectivity index (χ0) is 17.1. The number of rotatable bonds is 3. The van der Waals surface area contributed by atoms with Crippen molar-refractivity contribution >= 4 is 5.95 Å². The number of morpholine rings is 1. The third-order valence-electron chi connectivity index (χ3n) is 4.12. The maximum Gasteiger partial charge on any atom is 0.225 e. The van der Waals surface area contributed by atoms with E-state index in [1.807, 2.05) is 24.3 Å². The van der Waals surface area contributed by atoms with Crippen LogP contribution in [-0.2, 0) is 4.74 Å². The zero-order valence-electron chi connectivity index (χ0n) is 13.5. The summed E-state index contributed by atoms with van der Waals surface area (Å²) in [6, 6.07) is 14.0. The summed E-state index contributed by atoms with van der Waals surface area (Å²) in [5.74, 6) is 0.420. The number of benzene rings is 1. The fourth-order valence-electron chi connectivity index (χ4n) is 2.90. The molecule has 126 valence electrons. The monoisotopic (exact) mass is 336 g/mol. The molecule has 25 heavy (non-hydrogen) atoms. The second kappa shape index (κ2) is 6.94. The minimum Gasteiger partial charge on any atom is -0.368 e. The quantitative estimate of drug-likeness (QED) is 0.735. The lowest BCUT2D eigenvalue weighted by atomic mass is 10.1. The molecule has 1 fully saturated rings. The van der Waals surface area contributed by atoms with E-state index < -0.39 is 0 Å². The molecule has 0 bridgehead atoms. The molecule has 1 atom stereocenters. The molecule has 0 radical (unpaired) electrons. The molecule has 1 saturated heterocycles. The predicted octanol–water partition coefficient (Wildman–Crippen LogP) is 3.26. The number of halogens is 1. The van der Waals surface area contributed by atoms with Gasteiger partial charge in [-0.3, -0.25) is 0 Å². The highest BCUT2D eigenvalue weighted by Gasteiger charge is 2.24. The highest BCUT2D eigenvalue weighted by atomic mass is 19.1. The van der Waals surface area contributed by atoms with Gasteiger partial charge in [-0.05, 0) is 30.3 Å². The van der Waals surface area contributed by atoms with Crippen molar-refractivity contribution < 1.29 is 9.13 Å². The standard InChI is InChI=1S/C19H17FN4O/c20-15-5-1-4-14(12-15)16-6-2-7-17(23-16)18-13-24(10-11-25-18)19-21-8-3-9-22-19/h1-9,12,18H,10-11,13H2. The van der Waals surface area contributed by atoms with Gasteiger partial charge in [0.15, 0.2) is 0 Å². The Morgan fingerprint density at radius 2 is 1.88 bits per heavy atom. The van der Waals surface area contributed by atoms with Gasteiger partial charge in [0.25, 0.3) is 0 Å². The highest BCUT2D eigenvalue weighted by molar-refractivity contribution is 5.59. The third-order valence-corrected chi connectivity index (χ3v) is 4.12. The van der Waals surface area contributed by atoms with Gasteiger partial charge in [0.2, 0.25) is 5.95 Å². The Labute approximate surface area is 145 Å². The molecule has 3 heterocycles. The zero-order valence-corrected chi connectivity index (χ0v) is 13.5. The minimum absolute atomic E-state index is 0.175. The molecule has 0 N–H and O–H groups in total. The maximum atomic E-state index is 13.5. The molecule has 2 aromatic heterocycles. The van der Waals surface area contributed by atoms with Gasteiger partial charge >= 0.3 is 0 Å². The fourth-order valence-corrected chi connectivity index (χ4v) is 2.90. The molecule has 0 spiro atoms. The van der Waals surface area contributed by atoms with E-state index in [0.29, 0.717) is 19.1 Å². The fraction of sp³-hybridized carbons (Fsp3) is 0.211. The molecule has 3 aromatic rings. The van der Waals surface area contributed by atoms with Crippen molar-refractivity contribution in [1.29, 1.82) is 0 Å². The Balaban J connectivity index is 1.58. The summed E-state index contributed by atoms with van der Waals surface area (Å²) in [7, 11) is 0. The lowest BCUT2D eigenvalue weighted by molar-refractivity contribution is 0.0365. The summed E-state index contributed by atoms with van der Waals surface area (Å²) in [6.45, 7) is 1.95. The molecule has 0 amide bonds. The summed E-state index contributed by atoms with van der Waals surface area (Å²) < 4.78 is 19.4. The van der Waals surface area contributed by atoms with E-state index in [-0.39, 0.29) is 11.9 Å². The lowest BCUT2D eigenvalue weighted by Gasteiger charge is -2.32. The molecule has 1 aliphatic rings. The Bertz CT molecular complexity index is 859. The van der Waals surface area contributed by atoms with Crippen LogP contribution in [0.2, 0.25) is 0 Å². The molecular weight excluding hydrogens is 319 g/mol. The Hall–Kier alpha value is -2.86. The van der Waals surface area contributed by atoms with Crippen molar-refractivity contribution in [2.24, 2.45) is 0 Å². The van der Waals surface area contributed by atoms with Crippen molar-refractivity contribution in [3.05, 3.63) is 72.4 Å². The molecule has 4 rings (SSSR count). The van der Waals surface area contributed by atoms with Crippen LogP contribution in [0.25, 0.3) is 11.3 Å². The number of anilines is 1. The summed E-state index contributed by atoms with van der Waals surface area (Å²) in [5, 5.41) is 0. The van der Waals surface area contributed by atoms with Crippen LogP contribution in [0, 0.1) is 5.82 Å². The molecule has 6 heteroatoms. The molecule has 1 unspecified atom stereocenters. The second-order valence-corrected chi connectivity index (χ2v) is 5.81. The van der Waals surface area contributed by atoms with Gasteiger partial charge in [0, 0.05) is 24.5 Å². The minimum atomic E-state index is -0.272. The molecular formula is C19H17FN4O.